The minimum absolute atomic E-state index is 0.0994. The second-order valence-corrected chi connectivity index (χ2v) is 11.2. The number of ether oxygens (including phenoxy) is 1. The van der Waals surface area contributed by atoms with E-state index in [2.05, 4.69) is 31.1 Å². The summed E-state index contributed by atoms with van der Waals surface area (Å²) in [5.41, 5.74) is 1.69. The Kier molecular flexibility index (Phi) is 4.43. The average Bonchev–Trinajstić information content (AvgIpc) is 2.90. The monoisotopic (exact) mass is 347 g/mol. The van der Waals surface area contributed by atoms with E-state index in [1.807, 2.05) is 35.1 Å². The molecule has 1 saturated carbocycles. The maximum Gasteiger partial charge on any atom is 0.113 e. The average molecular weight is 347 g/mol. The molecule has 0 atom stereocenters. The van der Waals surface area contributed by atoms with Crippen LogP contribution in [0, 0.1) is 0 Å². The summed E-state index contributed by atoms with van der Waals surface area (Å²) < 4.78 is 20.2. The van der Waals surface area contributed by atoms with Gasteiger partial charge in [0.2, 0.25) is 0 Å². The highest BCUT2D eigenvalue weighted by Gasteiger charge is 2.34. The Bertz CT molecular complexity index is 767. The van der Waals surface area contributed by atoms with Gasteiger partial charge in [0.05, 0.1) is 23.9 Å². The van der Waals surface area contributed by atoms with Crippen molar-refractivity contribution in [1.29, 1.82) is 0 Å². The number of benzene rings is 1. The van der Waals surface area contributed by atoms with Gasteiger partial charge in [0.25, 0.3) is 0 Å². The highest BCUT2D eigenvalue weighted by molar-refractivity contribution is 7.70. The largest absolute Gasteiger partial charge is 0.372 e. The fourth-order valence-corrected chi connectivity index (χ4v) is 3.83. The zero-order valence-corrected chi connectivity index (χ0v) is 16.0. The van der Waals surface area contributed by atoms with E-state index in [1.54, 1.807) is 13.3 Å². The summed E-state index contributed by atoms with van der Waals surface area (Å²) >= 11 is 0. The van der Waals surface area contributed by atoms with Gasteiger partial charge in [-0.25, -0.2) is 4.68 Å². The van der Waals surface area contributed by atoms with Crippen molar-refractivity contribution in [3.8, 4) is 11.3 Å². The lowest BCUT2D eigenvalue weighted by Crippen LogP contribution is -2.38. The van der Waals surface area contributed by atoms with Gasteiger partial charge in [-0.3, -0.25) is 0 Å². The third-order valence-electron chi connectivity index (χ3n) is 4.24. The van der Waals surface area contributed by atoms with Gasteiger partial charge in [0.15, 0.2) is 0 Å². The maximum absolute atomic E-state index is 12.3. The van der Waals surface area contributed by atoms with Crippen LogP contribution in [0.2, 0.25) is 0 Å². The molecule has 0 spiro atoms. The molecule has 1 aliphatic rings. The highest BCUT2D eigenvalue weighted by Crippen LogP contribution is 2.37. The quantitative estimate of drug-likeness (QED) is 0.791. The maximum atomic E-state index is 12.3. The zero-order chi connectivity index (χ0) is 17.5. The normalized spacial score (nSPS) is 21.5. The van der Waals surface area contributed by atoms with Gasteiger partial charge in [0, 0.05) is 10.9 Å². The van der Waals surface area contributed by atoms with Gasteiger partial charge in [-0.05, 0) is 53.0 Å². The van der Waals surface area contributed by atoms with Crippen LogP contribution in [0.4, 0.5) is 0 Å². The minimum atomic E-state index is -2.27. The number of hydrogen-bond acceptors (Lipinski definition) is 4. The SMILES string of the molecule is CC(C)(C)OC1CC(n2cc(-c3cccc(P(C)(C)=O)c3)nn2)C1. The third kappa shape index (κ3) is 3.96. The second kappa shape index (κ2) is 6.12. The summed E-state index contributed by atoms with van der Waals surface area (Å²) in [4.78, 5) is 0. The topological polar surface area (TPSA) is 57.0 Å². The molecule has 24 heavy (non-hydrogen) atoms. The lowest BCUT2D eigenvalue weighted by Gasteiger charge is -2.38. The van der Waals surface area contributed by atoms with E-state index in [-0.39, 0.29) is 5.60 Å². The van der Waals surface area contributed by atoms with Crippen LogP contribution >= 0.6 is 7.14 Å². The van der Waals surface area contributed by atoms with E-state index >= 15 is 0 Å². The summed E-state index contributed by atoms with van der Waals surface area (Å²) in [7, 11) is -2.27. The Labute approximate surface area is 143 Å². The predicted octanol–water partition coefficient (Wildman–Crippen LogP) is 3.71. The lowest BCUT2D eigenvalue weighted by atomic mass is 9.88. The molecule has 1 heterocycles. The first-order chi connectivity index (χ1) is 11.1. The molecule has 0 radical (unpaired) electrons. The molecular weight excluding hydrogens is 321 g/mol. The number of nitrogens with zero attached hydrogens (tertiary/aromatic N) is 3. The van der Waals surface area contributed by atoms with Crippen molar-refractivity contribution in [2.75, 3.05) is 13.3 Å². The van der Waals surface area contributed by atoms with Gasteiger partial charge in [-0.1, -0.05) is 23.4 Å². The van der Waals surface area contributed by atoms with E-state index in [1.165, 1.54) is 0 Å². The van der Waals surface area contributed by atoms with Crippen LogP contribution < -0.4 is 5.30 Å². The van der Waals surface area contributed by atoms with Crippen LogP contribution in [0.1, 0.15) is 39.7 Å². The van der Waals surface area contributed by atoms with Crippen molar-refractivity contribution in [3.05, 3.63) is 30.5 Å². The fourth-order valence-electron chi connectivity index (χ4n) is 2.94. The zero-order valence-electron chi connectivity index (χ0n) is 15.1. The molecule has 1 aromatic carbocycles. The molecule has 0 bridgehead atoms. The Morgan fingerprint density at radius 1 is 1.25 bits per heavy atom. The summed E-state index contributed by atoms with van der Waals surface area (Å²) in [5, 5.41) is 9.45. The summed E-state index contributed by atoms with van der Waals surface area (Å²) in [6, 6.07) is 8.14. The molecule has 0 aliphatic heterocycles. The van der Waals surface area contributed by atoms with Gasteiger partial charge in [-0.2, -0.15) is 0 Å². The van der Waals surface area contributed by atoms with E-state index in [0.717, 1.165) is 29.4 Å². The third-order valence-corrected chi connectivity index (χ3v) is 5.76. The Morgan fingerprint density at radius 3 is 2.58 bits per heavy atom. The first-order valence-electron chi connectivity index (χ1n) is 8.37. The van der Waals surface area contributed by atoms with Gasteiger partial charge in [0.1, 0.15) is 12.8 Å². The standard InChI is InChI=1S/C18H26N3O2P/c1-18(2,3)23-15-10-14(11-15)21-12-17(19-20-21)13-7-6-8-16(9-13)24(4,5)22/h6-9,12,14-15H,10-11H2,1-5H3. The van der Waals surface area contributed by atoms with Crippen LogP contribution in [-0.2, 0) is 9.30 Å². The van der Waals surface area contributed by atoms with Crippen molar-refractivity contribution in [3.63, 3.8) is 0 Å². The molecule has 1 aliphatic carbocycles. The number of rotatable bonds is 4. The molecule has 1 fully saturated rings. The van der Waals surface area contributed by atoms with Crippen LogP contribution in [0.3, 0.4) is 0 Å². The predicted molar refractivity (Wildman–Crippen MR) is 97.4 cm³/mol. The Balaban J connectivity index is 1.70. The minimum Gasteiger partial charge on any atom is -0.372 e. The molecule has 6 heteroatoms. The van der Waals surface area contributed by atoms with E-state index in [9.17, 15) is 4.57 Å². The van der Waals surface area contributed by atoms with Crippen molar-refractivity contribution < 1.29 is 9.30 Å². The van der Waals surface area contributed by atoms with Crippen LogP contribution in [-0.4, -0.2) is 40.0 Å². The summed E-state index contributed by atoms with van der Waals surface area (Å²) in [6.45, 7) is 9.82. The van der Waals surface area contributed by atoms with Crippen molar-refractivity contribution in [2.24, 2.45) is 0 Å². The summed E-state index contributed by atoms with van der Waals surface area (Å²) in [6.07, 6.45) is 4.23. The van der Waals surface area contributed by atoms with Crippen LogP contribution in [0.5, 0.6) is 0 Å². The molecule has 5 nitrogen and oxygen atoms in total. The molecule has 130 valence electrons. The van der Waals surface area contributed by atoms with E-state index in [0.29, 0.717) is 12.1 Å². The first-order valence-corrected chi connectivity index (χ1v) is 11.0. The molecule has 2 aromatic rings. The van der Waals surface area contributed by atoms with E-state index in [4.69, 9.17) is 4.74 Å². The lowest BCUT2D eigenvalue weighted by molar-refractivity contribution is -0.110. The molecule has 3 rings (SSSR count). The number of aromatic nitrogens is 3. The van der Waals surface area contributed by atoms with Crippen molar-refractivity contribution in [1.82, 2.24) is 15.0 Å². The van der Waals surface area contributed by atoms with E-state index < -0.39 is 7.14 Å². The summed E-state index contributed by atoms with van der Waals surface area (Å²) in [5.74, 6) is 0. The van der Waals surface area contributed by atoms with Crippen LogP contribution in [0.25, 0.3) is 11.3 Å². The van der Waals surface area contributed by atoms with Crippen LogP contribution in [0.15, 0.2) is 30.5 Å². The smallest absolute Gasteiger partial charge is 0.113 e. The molecular formula is C18H26N3O2P. The fraction of sp³-hybridized carbons (Fsp3) is 0.556. The molecule has 0 N–H and O–H groups in total. The van der Waals surface area contributed by atoms with Crippen molar-refractivity contribution in [2.45, 2.75) is 51.4 Å². The highest BCUT2D eigenvalue weighted by atomic mass is 31.2. The molecule has 1 aromatic heterocycles. The number of hydrogen-bond donors (Lipinski definition) is 0. The molecule has 0 amide bonds. The van der Waals surface area contributed by atoms with Gasteiger partial charge >= 0.3 is 0 Å². The van der Waals surface area contributed by atoms with Gasteiger partial charge in [-0.15, -0.1) is 5.10 Å². The second-order valence-electron chi connectivity index (χ2n) is 7.96. The van der Waals surface area contributed by atoms with Crippen molar-refractivity contribution >= 4 is 12.4 Å². The van der Waals surface area contributed by atoms with Gasteiger partial charge < -0.3 is 9.30 Å². The first kappa shape index (κ1) is 17.4. The molecule has 0 unspecified atom stereocenters. The Hall–Kier alpha value is -1.45. The molecule has 0 saturated heterocycles. The Morgan fingerprint density at radius 2 is 1.96 bits per heavy atom.